The lowest BCUT2D eigenvalue weighted by Gasteiger charge is -2.20. The standard InChI is InChI=1S/C11H13ClN2O/c1-2-14(8-3-4-8)11(15)9-7-13-6-5-10(9)12/h5-8H,2-4H2,1H3. The van der Waals surface area contributed by atoms with Crippen molar-refractivity contribution in [3.63, 3.8) is 0 Å². The average Bonchev–Trinajstić information content (AvgIpc) is 3.03. The maximum Gasteiger partial charge on any atom is 0.257 e. The highest BCUT2D eigenvalue weighted by atomic mass is 35.5. The molecule has 1 fully saturated rings. The van der Waals surface area contributed by atoms with E-state index in [0.29, 0.717) is 16.6 Å². The van der Waals surface area contributed by atoms with Gasteiger partial charge in [-0.05, 0) is 25.8 Å². The Labute approximate surface area is 94.1 Å². The third-order valence-electron chi connectivity index (χ3n) is 2.59. The van der Waals surface area contributed by atoms with Crippen molar-refractivity contribution in [2.75, 3.05) is 6.54 Å². The minimum atomic E-state index is -0.00176. The number of aromatic nitrogens is 1. The zero-order valence-corrected chi connectivity index (χ0v) is 9.37. The minimum Gasteiger partial charge on any atom is -0.336 e. The van der Waals surface area contributed by atoms with E-state index < -0.39 is 0 Å². The van der Waals surface area contributed by atoms with Gasteiger partial charge in [0.2, 0.25) is 0 Å². The summed E-state index contributed by atoms with van der Waals surface area (Å²) in [4.78, 5) is 17.9. The average molecular weight is 225 g/mol. The molecule has 0 N–H and O–H groups in total. The monoisotopic (exact) mass is 224 g/mol. The fraction of sp³-hybridized carbons (Fsp3) is 0.455. The van der Waals surface area contributed by atoms with Crippen molar-refractivity contribution in [2.45, 2.75) is 25.8 Å². The molecule has 0 unspecified atom stereocenters. The van der Waals surface area contributed by atoms with Crippen LogP contribution in [0.3, 0.4) is 0 Å². The maximum atomic E-state index is 12.1. The topological polar surface area (TPSA) is 33.2 Å². The van der Waals surface area contributed by atoms with Gasteiger partial charge in [-0.25, -0.2) is 0 Å². The van der Waals surface area contributed by atoms with Gasteiger partial charge < -0.3 is 4.90 Å². The van der Waals surface area contributed by atoms with Crippen LogP contribution in [-0.2, 0) is 0 Å². The molecule has 1 aliphatic rings. The molecule has 1 saturated carbocycles. The van der Waals surface area contributed by atoms with Crippen LogP contribution in [0, 0.1) is 0 Å². The quantitative estimate of drug-likeness (QED) is 0.790. The van der Waals surface area contributed by atoms with Crippen molar-refractivity contribution < 1.29 is 4.79 Å². The zero-order chi connectivity index (χ0) is 10.8. The fourth-order valence-corrected chi connectivity index (χ4v) is 1.83. The van der Waals surface area contributed by atoms with Gasteiger partial charge >= 0.3 is 0 Å². The van der Waals surface area contributed by atoms with Crippen molar-refractivity contribution in [3.8, 4) is 0 Å². The molecule has 0 atom stereocenters. The molecule has 2 rings (SSSR count). The molecular weight excluding hydrogens is 212 g/mol. The number of hydrogen-bond acceptors (Lipinski definition) is 2. The van der Waals surface area contributed by atoms with Gasteiger partial charge in [-0.3, -0.25) is 9.78 Å². The summed E-state index contributed by atoms with van der Waals surface area (Å²) in [5, 5.41) is 0.481. The van der Waals surface area contributed by atoms with E-state index in [1.165, 1.54) is 6.20 Å². The molecule has 1 aliphatic carbocycles. The summed E-state index contributed by atoms with van der Waals surface area (Å²) in [6.45, 7) is 2.72. The summed E-state index contributed by atoms with van der Waals surface area (Å²) < 4.78 is 0. The van der Waals surface area contributed by atoms with Crippen molar-refractivity contribution >= 4 is 17.5 Å². The maximum absolute atomic E-state index is 12.1. The highest BCUT2D eigenvalue weighted by molar-refractivity contribution is 6.33. The van der Waals surface area contributed by atoms with E-state index in [0.717, 1.165) is 19.4 Å². The highest BCUT2D eigenvalue weighted by Crippen LogP contribution is 2.29. The normalized spacial score (nSPS) is 15.1. The largest absolute Gasteiger partial charge is 0.336 e. The lowest BCUT2D eigenvalue weighted by molar-refractivity contribution is 0.0752. The van der Waals surface area contributed by atoms with Crippen LogP contribution in [-0.4, -0.2) is 28.4 Å². The van der Waals surface area contributed by atoms with Gasteiger partial charge in [-0.2, -0.15) is 0 Å². The first-order valence-electron chi connectivity index (χ1n) is 5.14. The molecule has 4 heteroatoms. The van der Waals surface area contributed by atoms with Crippen LogP contribution in [0.25, 0.3) is 0 Å². The smallest absolute Gasteiger partial charge is 0.257 e. The zero-order valence-electron chi connectivity index (χ0n) is 8.61. The Morgan fingerprint density at radius 2 is 2.40 bits per heavy atom. The third-order valence-corrected chi connectivity index (χ3v) is 2.92. The van der Waals surface area contributed by atoms with E-state index in [1.807, 2.05) is 11.8 Å². The van der Waals surface area contributed by atoms with Crippen LogP contribution in [0.2, 0.25) is 5.02 Å². The third kappa shape index (κ3) is 2.12. The van der Waals surface area contributed by atoms with Crippen molar-refractivity contribution in [1.82, 2.24) is 9.88 Å². The first kappa shape index (κ1) is 10.4. The predicted molar refractivity (Wildman–Crippen MR) is 59.0 cm³/mol. The molecular formula is C11H13ClN2O. The molecule has 0 saturated heterocycles. The Morgan fingerprint density at radius 1 is 1.67 bits per heavy atom. The van der Waals surface area contributed by atoms with Crippen molar-refractivity contribution in [1.29, 1.82) is 0 Å². The summed E-state index contributed by atoms with van der Waals surface area (Å²) in [6, 6.07) is 2.06. The van der Waals surface area contributed by atoms with E-state index in [-0.39, 0.29) is 5.91 Å². The van der Waals surface area contributed by atoms with E-state index in [9.17, 15) is 4.79 Å². The molecule has 1 aromatic heterocycles. The molecule has 1 aromatic rings. The predicted octanol–water partition coefficient (Wildman–Crippen LogP) is 2.36. The highest BCUT2D eigenvalue weighted by Gasteiger charge is 2.32. The van der Waals surface area contributed by atoms with Gasteiger partial charge in [0.15, 0.2) is 0 Å². The molecule has 0 aliphatic heterocycles. The number of pyridine rings is 1. The first-order chi connectivity index (χ1) is 7.24. The number of rotatable bonds is 3. The molecule has 0 radical (unpaired) electrons. The second kappa shape index (κ2) is 4.19. The van der Waals surface area contributed by atoms with E-state index in [2.05, 4.69) is 4.98 Å². The summed E-state index contributed by atoms with van der Waals surface area (Å²) in [5.41, 5.74) is 0.507. The number of hydrogen-bond donors (Lipinski definition) is 0. The number of halogens is 1. The first-order valence-corrected chi connectivity index (χ1v) is 5.52. The van der Waals surface area contributed by atoms with Crippen LogP contribution in [0.1, 0.15) is 30.1 Å². The summed E-state index contributed by atoms with van der Waals surface area (Å²) >= 11 is 5.96. The van der Waals surface area contributed by atoms with E-state index in [1.54, 1.807) is 12.3 Å². The Morgan fingerprint density at radius 3 is 2.93 bits per heavy atom. The Bertz CT molecular complexity index is 377. The summed E-state index contributed by atoms with van der Waals surface area (Å²) in [5.74, 6) is -0.00176. The van der Waals surface area contributed by atoms with E-state index >= 15 is 0 Å². The lowest BCUT2D eigenvalue weighted by Crippen LogP contribution is -2.33. The SMILES string of the molecule is CCN(C(=O)c1cnccc1Cl)C1CC1. The van der Waals surface area contributed by atoms with Crippen LogP contribution < -0.4 is 0 Å². The van der Waals surface area contributed by atoms with Gasteiger partial charge in [-0.1, -0.05) is 11.6 Å². The molecule has 1 heterocycles. The molecule has 15 heavy (non-hydrogen) atoms. The van der Waals surface area contributed by atoms with Crippen LogP contribution in [0.15, 0.2) is 18.5 Å². The molecule has 0 bridgehead atoms. The Hall–Kier alpha value is -1.09. The molecule has 1 amide bonds. The number of amides is 1. The van der Waals surface area contributed by atoms with Crippen molar-refractivity contribution in [2.24, 2.45) is 0 Å². The van der Waals surface area contributed by atoms with Gasteiger partial charge in [0, 0.05) is 25.0 Å². The molecule has 0 aromatic carbocycles. The summed E-state index contributed by atoms with van der Waals surface area (Å²) in [7, 11) is 0. The Balaban J connectivity index is 2.22. The number of nitrogens with zero attached hydrogens (tertiary/aromatic N) is 2. The Kier molecular flexibility index (Phi) is 2.91. The molecule has 3 nitrogen and oxygen atoms in total. The second-order valence-corrected chi connectivity index (χ2v) is 4.09. The van der Waals surface area contributed by atoms with Crippen LogP contribution in [0.4, 0.5) is 0 Å². The summed E-state index contributed by atoms with van der Waals surface area (Å²) in [6.07, 6.45) is 5.34. The van der Waals surface area contributed by atoms with Gasteiger partial charge in [0.25, 0.3) is 5.91 Å². The van der Waals surface area contributed by atoms with Gasteiger partial charge in [-0.15, -0.1) is 0 Å². The van der Waals surface area contributed by atoms with E-state index in [4.69, 9.17) is 11.6 Å². The molecule has 80 valence electrons. The van der Waals surface area contributed by atoms with Crippen LogP contribution >= 0.6 is 11.6 Å². The molecule has 0 spiro atoms. The van der Waals surface area contributed by atoms with Gasteiger partial charge in [0.1, 0.15) is 0 Å². The number of carbonyl (C=O) groups is 1. The lowest BCUT2D eigenvalue weighted by atomic mass is 10.2. The van der Waals surface area contributed by atoms with Crippen LogP contribution in [0.5, 0.6) is 0 Å². The van der Waals surface area contributed by atoms with Gasteiger partial charge in [0.05, 0.1) is 10.6 Å². The fourth-order valence-electron chi connectivity index (χ4n) is 1.64. The second-order valence-electron chi connectivity index (χ2n) is 3.68. The van der Waals surface area contributed by atoms with Crippen molar-refractivity contribution in [3.05, 3.63) is 29.0 Å². The number of carbonyl (C=O) groups excluding carboxylic acids is 1. The minimum absolute atomic E-state index is 0.00176.